The molecule has 0 unspecified atom stereocenters. The summed E-state index contributed by atoms with van der Waals surface area (Å²) in [5.74, 6) is 0.254. The quantitative estimate of drug-likeness (QED) is 0.481. The number of furan rings is 1. The minimum absolute atomic E-state index is 0.0596. The topological polar surface area (TPSA) is 82.1 Å². The summed E-state index contributed by atoms with van der Waals surface area (Å²) in [5.41, 5.74) is 0.0303. The zero-order chi connectivity index (χ0) is 12.6. The lowest BCUT2D eigenvalue weighted by Crippen LogP contribution is -2.00. The molecule has 2 rings (SSSR count). The van der Waals surface area contributed by atoms with Crippen LogP contribution in [-0.2, 0) is 0 Å². The molecule has 0 bridgehead atoms. The number of nitro groups is 1. The Kier molecular flexibility index (Phi) is 3.12. The standard InChI is InChI=1S/C9H5BrClN3O3/c1-4-7(14(15)16)6(13-9(11)12-4)8-5(10)2-3-17-8/h2-3H,1H3. The van der Waals surface area contributed by atoms with Gasteiger partial charge in [0.15, 0.2) is 11.5 Å². The molecule has 0 radical (unpaired) electrons. The van der Waals surface area contributed by atoms with Gasteiger partial charge in [-0.2, -0.15) is 0 Å². The molecule has 2 aromatic rings. The minimum atomic E-state index is -0.560. The average Bonchev–Trinajstić information content (AvgIpc) is 2.62. The molecule has 17 heavy (non-hydrogen) atoms. The van der Waals surface area contributed by atoms with E-state index in [1.807, 2.05) is 0 Å². The molecule has 2 aromatic heterocycles. The van der Waals surface area contributed by atoms with Crippen molar-refractivity contribution in [2.75, 3.05) is 0 Å². The fourth-order valence-corrected chi connectivity index (χ4v) is 1.97. The predicted molar refractivity (Wildman–Crippen MR) is 63.8 cm³/mol. The van der Waals surface area contributed by atoms with Crippen LogP contribution < -0.4 is 0 Å². The van der Waals surface area contributed by atoms with Gasteiger partial charge in [-0.1, -0.05) is 0 Å². The number of aryl methyl sites for hydroxylation is 1. The average molecular weight is 319 g/mol. The third-order valence-corrected chi connectivity index (χ3v) is 2.84. The number of rotatable bonds is 2. The molecule has 0 saturated heterocycles. The van der Waals surface area contributed by atoms with Crippen LogP contribution >= 0.6 is 27.5 Å². The molecule has 0 N–H and O–H groups in total. The maximum absolute atomic E-state index is 11.0. The zero-order valence-corrected chi connectivity index (χ0v) is 10.8. The van der Waals surface area contributed by atoms with Crippen molar-refractivity contribution in [2.24, 2.45) is 0 Å². The van der Waals surface area contributed by atoms with E-state index in [1.165, 1.54) is 13.2 Å². The molecular weight excluding hydrogens is 313 g/mol. The van der Waals surface area contributed by atoms with Gasteiger partial charge in [0, 0.05) is 0 Å². The van der Waals surface area contributed by atoms with Crippen LogP contribution in [0.1, 0.15) is 5.69 Å². The third-order valence-electron chi connectivity index (χ3n) is 2.05. The van der Waals surface area contributed by atoms with Gasteiger partial charge >= 0.3 is 5.69 Å². The lowest BCUT2D eigenvalue weighted by molar-refractivity contribution is -0.385. The lowest BCUT2D eigenvalue weighted by atomic mass is 10.2. The SMILES string of the molecule is Cc1nc(Cl)nc(-c2occc2Br)c1[N+](=O)[O-]. The molecule has 0 aliphatic rings. The molecule has 8 heteroatoms. The van der Waals surface area contributed by atoms with Gasteiger partial charge in [-0.25, -0.2) is 9.97 Å². The van der Waals surface area contributed by atoms with Gasteiger partial charge < -0.3 is 4.42 Å². The third kappa shape index (κ3) is 2.16. The van der Waals surface area contributed by atoms with Crippen molar-refractivity contribution in [3.63, 3.8) is 0 Å². The van der Waals surface area contributed by atoms with Crippen LogP contribution in [-0.4, -0.2) is 14.9 Å². The molecule has 0 spiro atoms. The summed E-state index contributed by atoms with van der Waals surface area (Å²) in [6, 6.07) is 1.62. The van der Waals surface area contributed by atoms with E-state index in [4.69, 9.17) is 16.0 Å². The Balaban J connectivity index is 2.76. The summed E-state index contributed by atoms with van der Waals surface area (Å²) in [6.45, 7) is 1.49. The van der Waals surface area contributed by atoms with Crippen LogP contribution in [0, 0.1) is 17.0 Å². The first kappa shape index (κ1) is 12.0. The molecule has 0 saturated carbocycles. The fraction of sp³-hybridized carbons (Fsp3) is 0.111. The van der Waals surface area contributed by atoms with Crippen molar-refractivity contribution < 1.29 is 9.34 Å². The van der Waals surface area contributed by atoms with Crippen LogP contribution in [0.25, 0.3) is 11.5 Å². The second-order valence-corrected chi connectivity index (χ2v) is 4.32. The highest BCUT2D eigenvalue weighted by molar-refractivity contribution is 9.10. The summed E-state index contributed by atoms with van der Waals surface area (Å²) in [4.78, 5) is 18.0. The van der Waals surface area contributed by atoms with Crippen molar-refractivity contribution in [2.45, 2.75) is 6.92 Å². The van der Waals surface area contributed by atoms with Crippen molar-refractivity contribution >= 4 is 33.2 Å². The molecule has 0 fully saturated rings. The van der Waals surface area contributed by atoms with Gasteiger partial charge in [0.2, 0.25) is 5.28 Å². The van der Waals surface area contributed by atoms with Crippen molar-refractivity contribution in [1.29, 1.82) is 0 Å². The smallest absolute Gasteiger partial charge is 0.319 e. The molecule has 0 amide bonds. The molecule has 88 valence electrons. The highest BCUT2D eigenvalue weighted by Gasteiger charge is 2.26. The maximum atomic E-state index is 11.0. The van der Waals surface area contributed by atoms with Gasteiger partial charge in [-0.05, 0) is 40.5 Å². The molecule has 2 heterocycles. The first-order valence-electron chi connectivity index (χ1n) is 4.42. The number of halogens is 2. The van der Waals surface area contributed by atoms with Crippen molar-refractivity contribution in [3.05, 3.63) is 37.9 Å². The van der Waals surface area contributed by atoms with Crippen LogP contribution in [0.2, 0.25) is 5.28 Å². The number of hydrogen-bond acceptors (Lipinski definition) is 5. The van der Waals surface area contributed by atoms with E-state index < -0.39 is 4.92 Å². The second kappa shape index (κ2) is 4.42. The summed E-state index contributed by atoms with van der Waals surface area (Å²) < 4.78 is 5.72. The number of aromatic nitrogens is 2. The Hall–Kier alpha value is -1.47. The molecule has 6 nitrogen and oxygen atoms in total. The Morgan fingerprint density at radius 3 is 2.76 bits per heavy atom. The number of nitrogens with zero attached hydrogens (tertiary/aromatic N) is 3. The molecule has 0 aliphatic carbocycles. The van der Waals surface area contributed by atoms with Crippen LogP contribution in [0.3, 0.4) is 0 Å². The fourth-order valence-electron chi connectivity index (χ4n) is 1.37. The summed E-state index contributed by atoms with van der Waals surface area (Å²) in [6.07, 6.45) is 1.40. The van der Waals surface area contributed by atoms with Crippen molar-refractivity contribution in [1.82, 2.24) is 9.97 Å². The van der Waals surface area contributed by atoms with Gasteiger partial charge in [0.05, 0.1) is 15.7 Å². The summed E-state index contributed by atoms with van der Waals surface area (Å²) >= 11 is 8.91. The summed E-state index contributed by atoms with van der Waals surface area (Å²) in [5, 5.41) is 10.9. The Morgan fingerprint density at radius 1 is 1.53 bits per heavy atom. The number of hydrogen-bond donors (Lipinski definition) is 0. The first-order chi connectivity index (χ1) is 8.00. The lowest BCUT2D eigenvalue weighted by Gasteiger charge is -2.02. The normalized spacial score (nSPS) is 10.5. The van der Waals surface area contributed by atoms with Gasteiger partial charge in [-0.15, -0.1) is 0 Å². The Bertz CT molecular complexity index is 599. The molecule has 0 aromatic carbocycles. The van der Waals surface area contributed by atoms with Gasteiger partial charge in [-0.3, -0.25) is 10.1 Å². The largest absolute Gasteiger partial charge is 0.461 e. The van der Waals surface area contributed by atoms with Crippen LogP contribution in [0.5, 0.6) is 0 Å². The van der Waals surface area contributed by atoms with E-state index in [0.717, 1.165) is 0 Å². The van der Waals surface area contributed by atoms with Crippen LogP contribution in [0.15, 0.2) is 21.2 Å². The highest BCUT2D eigenvalue weighted by Crippen LogP contribution is 2.35. The van der Waals surface area contributed by atoms with Gasteiger partial charge in [0.1, 0.15) is 5.69 Å². The van der Waals surface area contributed by atoms with Crippen molar-refractivity contribution in [3.8, 4) is 11.5 Å². The minimum Gasteiger partial charge on any atom is -0.461 e. The monoisotopic (exact) mass is 317 g/mol. The van der Waals surface area contributed by atoms with Crippen LogP contribution in [0.4, 0.5) is 5.69 Å². The Morgan fingerprint density at radius 2 is 2.24 bits per heavy atom. The molecular formula is C9H5BrClN3O3. The van der Waals surface area contributed by atoms with E-state index >= 15 is 0 Å². The summed E-state index contributed by atoms with van der Waals surface area (Å²) in [7, 11) is 0. The Labute approximate surface area is 109 Å². The molecule has 0 aliphatic heterocycles. The van der Waals surface area contributed by atoms with E-state index in [2.05, 4.69) is 25.9 Å². The predicted octanol–water partition coefficient (Wildman–Crippen LogP) is 3.37. The van der Waals surface area contributed by atoms with E-state index in [0.29, 0.717) is 4.47 Å². The van der Waals surface area contributed by atoms with Gasteiger partial charge in [0.25, 0.3) is 0 Å². The zero-order valence-electron chi connectivity index (χ0n) is 8.48. The maximum Gasteiger partial charge on any atom is 0.319 e. The van der Waals surface area contributed by atoms with E-state index in [-0.39, 0.29) is 28.1 Å². The molecule has 0 atom stereocenters. The first-order valence-corrected chi connectivity index (χ1v) is 5.59. The van der Waals surface area contributed by atoms with E-state index in [9.17, 15) is 10.1 Å². The second-order valence-electron chi connectivity index (χ2n) is 3.13. The highest BCUT2D eigenvalue weighted by atomic mass is 79.9. The van der Waals surface area contributed by atoms with E-state index in [1.54, 1.807) is 6.07 Å².